The molecule has 1 aliphatic rings. The third-order valence-corrected chi connectivity index (χ3v) is 5.75. The van der Waals surface area contributed by atoms with Crippen molar-refractivity contribution < 1.29 is 23.5 Å². The summed E-state index contributed by atoms with van der Waals surface area (Å²) < 4.78 is 21.0. The fraction of sp³-hybridized carbons (Fsp3) is 0.440. The van der Waals surface area contributed by atoms with Gasteiger partial charge in [0.05, 0.1) is 18.1 Å². The van der Waals surface area contributed by atoms with Gasteiger partial charge in [-0.15, -0.1) is 0 Å². The van der Waals surface area contributed by atoms with Gasteiger partial charge in [-0.1, -0.05) is 6.07 Å². The molecule has 1 aliphatic heterocycles. The zero-order valence-corrected chi connectivity index (χ0v) is 20.4. The maximum absolute atomic E-state index is 14.2. The topological polar surface area (TPSA) is 107 Å². The van der Waals surface area contributed by atoms with Crippen LogP contribution in [0.15, 0.2) is 30.6 Å². The Balaban J connectivity index is 1.64. The molecule has 1 unspecified atom stereocenters. The molecule has 2 aromatic heterocycles. The van der Waals surface area contributed by atoms with Crippen LogP contribution in [0.5, 0.6) is 0 Å². The molecule has 9 nitrogen and oxygen atoms in total. The van der Waals surface area contributed by atoms with Gasteiger partial charge in [0.2, 0.25) is 0 Å². The fourth-order valence-electron chi connectivity index (χ4n) is 4.15. The van der Waals surface area contributed by atoms with E-state index in [-0.39, 0.29) is 36.8 Å². The van der Waals surface area contributed by atoms with Gasteiger partial charge in [-0.25, -0.2) is 19.2 Å². The zero-order chi connectivity index (χ0) is 25.5. The highest BCUT2D eigenvalue weighted by atomic mass is 19.1. The molecule has 0 saturated carbocycles. The van der Waals surface area contributed by atoms with Crippen LogP contribution in [0.25, 0.3) is 22.0 Å². The van der Waals surface area contributed by atoms with Crippen molar-refractivity contribution in [1.29, 1.82) is 0 Å². The summed E-state index contributed by atoms with van der Waals surface area (Å²) in [7, 11) is 0. The van der Waals surface area contributed by atoms with Crippen molar-refractivity contribution in [3.05, 3.63) is 42.1 Å². The van der Waals surface area contributed by atoms with Gasteiger partial charge in [-0.3, -0.25) is 19.2 Å². The second-order valence-electron chi connectivity index (χ2n) is 9.76. The van der Waals surface area contributed by atoms with Gasteiger partial charge >= 0.3 is 6.09 Å². The number of hydrogen-bond donors (Lipinski definition) is 0. The highest BCUT2D eigenvalue weighted by Crippen LogP contribution is 2.28. The molecular formula is C25H28FN5O4. The monoisotopic (exact) mass is 481 g/mol. The van der Waals surface area contributed by atoms with E-state index >= 15 is 0 Å². The maximum atomic E-state index is 14.2. The van der Waals surface area contributed by atoms with E-state index in [4.69, 9.17) is 4.74 Å². The lowest BCUT2D eigenvalue weighted by Gasteiger charge is -2.27. The molecule has 0 bridgehead atoms. The van der Waals surface area contributed by atoms with E-state index in [1.165, 1.54) is 11.6 Å². The lowest BCUT2D eigenvalue weighted by atomic mass is 10.0. The van der Waals surface area contributed by atoms with Crippen LogP contribution in [0.4, 0.5) is 9.18 Å². The van der Waals surface area contributed by atoms with Gasteiger partial charge < -0.3 is 4.74 Å². The summed E-state index contributed by atoms with van der Waals surface area (Å²) in [4.78, 5) is 47.7. The van der Waals surface area contributed by atoms with E-state index in [1.54, 1.807) is 46.2 Å². The Kier molecular flexibility index (Phi) is 6.40. The number of ether oxygens (including phenoxy) is 1. The average Bonchev–Trinajstić information content (AvgIpc) is 3.34. The van der Waals surface area contributed by atoms with E-state index < -0.39 is 23.9 Å². The molecule has 184 valence electrons. The number of Topliss-reactive ketones (excluding diaryl/α,β-unsaturated/α-hetero) is 2. The normalized spacial score (nSPS) is 18.2. The number of carbonyl (C=O) groups excluding carboxylic acids is 3. The van der Waals surface area contributed by atoms with Crippen LogP contribution >= 0.6 is 0 Å². The number of benzene rings is 1. The predicted octanol–water partition coefficient (Wildman–Crippen LogP) is 3.92. The lowest BCUT2D eigenvalue weighted by Crippen LogP contribution is -2.44. The van der Waals surface area contributed by atoms with Gasteiger partial charge in [-0.05, 0) is 45.4 Å². The van der Waals surface area contributed by atoms with Crippen LogP contribution in [-0.4, -0.2) is 66.7 Å². The summed E-state index contributed by atoms with van der Waals surface area (Å²) in [6, 6.07) is 4.45. The minimum atomic E-state index is -1.32. The van der Waals surface area contributed by atoms with E-state index in [2.05, 4.69) is 15.1 Å². The first-order valence-corrected chi connectivity index (χ1v) is 11.4. The molecule has 1 saturated heterocycles. The number of hydrogen-bond acceptors (Lipinski definition) is 7. The zero-order valence-electron chi connectivity index (χ0n) is 20.4. The predicted molar refractivity (Wildman–Crippen MR) is 127 cm³/mol. The largest absolute Gasteiger partial charge is 0.444 e. The molecule has 3 aromatic rings. The number of nitrogens with zero attached hydrogens (tertiary/aromatic N) is 5. The Bertz CT molecular complexity index is 1300. The second-order valence-corrected chi connectivity index (χ2v) is 9.76. The Hall–Kier alpha value is -3.69. The van der Waals surface area contributed by atoms with Crippen LogP contribution in [0.2, 0.25) is 0 Å². The number of aryl methyl sites for hydroxylation is 1. The maximum Gasteiger partial charge on any atom is 0.411 e. The molecule has 0 N–H and O–H groups in total. The standard InChI is InChI=1S/C25H28FN5O4/c1-14(32)23-19-8-16(17-10-27-15(2)28-11-17)6-7-20(19)31(29-23)13-22(33)21-9-18(26)12-30(21)24(34)35-25(3,4)5/h6-8,10-11,18,21H,9,12-13H2,1-5H3/t18-,21?/m0/s1. The number of aromatic nitrogens is 4. The summed E-state index contributed by atoms with van der Waals surface area (Å²) in [6.07, 6.45) is 1.25. The summed E-state index contributed by atoms with van der Waals surface area (Å²) in [5.41, 5.74) is 1.62. The first-order chi connectivity index (χ1) is 16.4. The van der Waals surface area contributed by atoms with Crippen LogP contribution in [0.1, 0.15) is 50.4 Å². The summed E-state index contributed by atoms with van der Waals surface area (Å²) in [5.74, 6) is 0.0125. The number of carbonyl (C=O) groups is 3. The fourth-order valence-corrected chi connectivity index (χ4v) is 4.15. The highest BCUT2D eigenvalue weighted by Gasteiger charge is 2.41. The number of alkyl halides is 1. The van der Waals surface area contributed by atoms with E-state index in [0.717, 1.165) is 16.0 Å². The SMILES string of the molecule is CC(=O)c1nn(CC(=O)C2C[C@H](F)CN2C(=O)OC(C)(C)C)c2ccc(-c3cnc(C)nc3)cc12. The van der Waals surface area contributed by atoms with Crippen LogP contribution in [0.3, 0.4) is 0 Å². The third-order valence-electron chi connectivity index (χ3n) is 5.75. The van der Waals surface area contributed by atoms with Crippen molar-refractivity contribution in [1.82, 2.24) is 24.6 Å². The van der Waals surface area contributed by atoms with Gasteiger partial charge in [0.1, 0.15) is 29.8 Å². The van der Waals surface area contributed by atoms with Crippen molar-refractivity contribution in [3.8, 4) is 11.1 Å². The first kappa shape index (κ1) is 24.4. The number of likely N-dealkylation sites (tertiary alicyclic amines) is 1. The third kappa shape index (κ3) is 5.21. The smallest absolute Gasteiger partial charge is 0.411 e. The summed E-state index contributed by atoms with van der Waals surface area (Å²) in [5, 5.41) is 4.97. The van der Waals surface area contributed by atoms with E-state index in [9.17, 15) is 18.8 Å². The molecule has 1 amide bonds. The Morgan fingerprint density at radius 2 is 1.83 bits per heavy atom. The molecule has 35 heavy (non-hydrogen) atoms. The molecule has 1 fully saturated rings. The number of rotatable bonds is 5. The molecule has 0 aliphatic carbocycles. The van der Waals surface area contributed by atoms with Gasteiger partial charge in [-0.2, -0.15) is 5.10 Å². The van der Waals surface area contributed by atoms with Crippen molar-refractivity contribution in [3.63, 3.8) is 0 Å². The lowest BCUT2D eigenvalue weighted by molar-refractivity contribution is -0.124. The second kappa shape index (κ2) is 9.16. The first-order valence-electron chi connectivity index (χ1n) is 11.4. The minimum absolute atomic E-state index is 0.103. The molecule has 0 spiro atoms. The number of halogens is 1. The molecule has 3 heterocycles. The minimum Gasteiger partial charge on any atom is -0.444 e. The number of amides is 1. The summed E-state index contributed by atoms with van der Waals surface area (Å²) in [6.45, 7) is 7.91. The van der Waals surface area contributed by atoms with Crippen LogP contribution in [0, 0.1) is 6.92 Å². The van der Waals surface area contributed by atoms with Crippen molar-refractivity contribution in [2.75, 3.05) is 6.54 Å². The molecule has 10 heteroatoms. The molecule has 4 rings (SSSR count). The Morgan fingerprint density at radius 1 is 1.14 bits per heavy atom. The number of fused-ring (bicyclic) bond motifs is 1. The Morgan fingerprint density at radius 3 is 2.46 bits per heavy atom. The van der Waals surface area contributed by atoms with E-state index in [1.807, 2.05) is 12.1 Å². The molecule has 1 aromatic carbocycles. The Labute approximate surface area is 202 Å². The quantitative estimate of drug-likeness (QED) is 0.508. The van der Waals surface area contributed by atoms with Gasteiger partial charge in [0, 0.05) is 36.7 Å². The van der Waals surface area contributed by atoms with Crippen molar-refractivity contribution >= 4 is 28.6 Å². The van der Waals surface area contributed by atoms with Crippen LogP contribution in [-0.2, 0) is 16.1 Å². The van der Waals surface area contributed by atoms with Crippen molar-refractivity contribution in [2.45, 2.75) is 65.4 Å². The van der Waals surface area contributed by atoms with Crippen molar-refractivity contribution in [2.24, 2.45) is 0 Å². The van der Waals surface area contributed by atoms with Gasteiger partial charge in [0.25, 0.3) is 0 Å². The van der Waals surface area contributed by atoms with Gasteiger partial charge in [0.15, 0.2) is 11.6 Å². The summed E-state index contributed by atoms with van der Waals surface area (Å²) >= 11 is 0. The van der Waals surface area contributed by atoms with E-state index in [0.29, 0.717) is 16.7 Å². The average molecular weight is 482 g/mol. The highest BCUT2D eigenvalue weighted by molar-refractivity contribution is 6.06. The molecular weight excluding hydrogens is 453 g/mol. The molecule has 2 atom stereocenters. The number of ketones is 2. The molecule has 0 radical (unpaired) electrons. The van der Waals surface area contributed by atoms with Crippen LogP contribution < -0.4 is 0 Å².